The standard InChI is InChI=1S/C27H36N2O6/c1-23(2)26(30)34-20-19-33-18-17-32-15-13-28-27(31)35-16-14-29(21-24-9-5-3-6-10-24)22-25-11-7-4-8-12-25/h3-12H,1,13-22H2,2H3,(H,28,31). The highest BCUT2D eigenvalue weighted by Gasteiger charge is 2.09. The maximum Gasteiger partial charge on any atom is 0.407 e. The minimum absolute atomic E-state index is 0.174. The van der Waals surface area contributed by atoms with Gasteiger partial charge in [0, 0.05) is 31.8 Å². The predicted octanol–water partition coefficient (Wildman–Crippen LogP) is 3.57. The van der Waals surface area contributed by atoms with Crippen LogP contribution in [-0.2, 0) is 36.8 Å². The van der Waals surface area contributed by atoms with Gasteiger partial charge in [-0.3, -0.25) is 4.90 Å². The van der Waals surface area contributed by atoms with Crippen LogP contribution in [0.5, 0.6) is 0 Å². The van der Waals surface area contributed by atoms with Crippen LogP contribution in [0.3, 0.4) is 0 Å². The largest absolute Gasteiger partial charge is 0.460 e. The summed E-state index contributed by atoms with van der Waals surface area (Å²) in [7, 11) is 0. The van der Waals surface area contributed by atoms with E-state index in [1.165, 1.54) is 11.1 Å². The van der Waals surface area contributed by atoms with Crippen LogP contribution in [0.4, 0.5) is 4.79 Å². The molecule has 0 bridgehead atoms. The van der Waals surface area contributed by atoms with Crippen molar-refractivity contribution in [2.45, 2.75) is 20.0 Å². The zero-order valence-corrected chi connectivity index (χ0v) is 20.4. The molecule has 0 atom stereocenters. The van der Waals surface area contributed by atoms with Crippen molar-refractivity contribution in [2.75, 3.05) is 52.7 Å². The van der Waals surface area contributed by atoms with Gasteiger partial charge in [0.25, 0.3) is 0 Å². The first-order valence-corrected chi connectivity index (χ1v) is 11.7. The highest BCUT2D eigenvalue weighted by Crippen LogP contribution is 2.09. The van der Waals surface area contributed by atoms with Gasteiger partial charge in [0.2, 0.25) is 0 Å². The van der Waals surface area contributed by atoms with Crippen molar-refractivity contribution in [1.82, 2.24) is 10.2 Å². The average Bonchev–Trinajstić information content (AvgIpc) is 2.86. The Morgan fingerprint density at radius 3 is 1.89 bits per heavy atom. The van der Waals surface area contributed by atoms with Crippen LogP contribution in [0, 0.1) is 0 Å². The third kappa shape index (κ3) is 13.3. The van der Waals surface area contributed by atoms with Crippen LogP contribution in [0.1, 0.15) is 18.1 Å². The molecule has 0 fully saturated rings. The van der Waals surface area contributed by atoms with E-state index in [9.17, 15) is 9.59 Å². The molecule has 2 aromatic carbocycles. The first-order valence-electron chi connectivity index (χ1n) is 11.7. The summed E-state index contributed by atoms with van der Waals surface area (Å²) in [6.45, 7) is 9.43. The van der Waals surface area contributed by atoms with Gasteiger partial charge in [-0.1, -0.05) is 67.2 Å². The zero-order valence-electron chi connectivity index (χ0n) is 20.4. The second kappa shape index (κ2) is 17.3. The normalized spacial score (nSPS) is 10.7. The third-order valence-corrected chi connectivity index (χ3v) is 4.84. The maximum atomic E-state index is 12.0. The first-order chi connectivity index (χ1) is 17.0. The number of nitrogens with one attached hydrogen (secondary N) is 1. The molecule has 1 amide bonds. The molecule has 0 saturated heterocycles. The molecule has 0 spiro atoms. The summed E-state index contributed by atoms with van der Waals surface area (Å²) in [6, 6.07) is 20.5. The molecule has 0 aliphatic heterocycles. The van der Waals surface area contributed by atoms with Gasteiger partial charge in [0.1, 0.15) is 13.2 Å². The SMILES string of the molecule is C=C(C)C(=O)OCCOCCOCCNC(=O)OCCN(Cc1ccccc1)Cc1ccccc1. The highest BCUT2D eigenvalue weighted by atomic mass is 16.6. The predicted molar refractivity (Wildman–Crippen MR) is 134 cm³/mol. The molecule has 1 N–H and O–H groups in total. The number of hydrogen-bond donors (Lipinski definition) is 1. The van der Waals surface area contributed by atoms with E-state index >= 15 is 0 Å². The second-order valence-corrected chi connectivity index (χ2v) is 7.89. The Morgan fingerprint density at radius 1 is 0.771 bits per heavy atom. The van der Waals surface area contributed by atoms with Crippen molar-refractivity contribution in [3.8, 4) is 0 Å². The molecule has 0 aliphatic rings. The van der Waals surface area contributed by atoms with E-state index < -0.39 is 12.1 Å². The van der Waals surface area contributed by atoms with Gasteiger partial charge in [-0.15, -0.1) is 0 Å². The van der Waals surface area contributed by atoms with Crippen LogP contribution in [0.15, 0.2) is 72.8 Å². The number of ether oxygens (including phenoxy) is 4. The summed E-state index contributed by atoms with van der Waals surface area (Å²) >= 11 is 0. The smallest absolute Gasteiger partial charge is 0.407 e. The molecular formula is C27H36N2O6. The van der Waals surface area contributed by atoms with E-state index in [0.717, 1.165) is 13.1 Å². The number of nitrogens with zero attached hydrogens (tertiary/aromatic N) is 1. The maximum absolute atomic E-state index is 12.0. The number of rotatable bonds is 17. The summed E-state index contributed by atoms with van der Waals surface area (Å²) in [5.74, 6) is -0.428. The number of hydrogen-bond acceptors (Lipinski definition) is 7. The van der Waals surface area contributed by atoms with Crippen LogP contribution in [0.2, 0.25) is 0 Å². The van der Waals surface area contributed by atoms with Crippen molar-refractivity contribution >= 4 is 12.1 Å². The number of amides is 1. The zero-order chi connectivity index (χ0) is 25.1. The second-order valence-electron chi connectivity index (χ2n) is 7.89. The van der Waals surface area contributed by atoms with E-state index in [0.29, 0.717) is 45.1 Å². The minimum atomic E-state index is -0.469. The Bertz CT molecular complexity index is 834. The molecule has 0 aliphatic carbocycles. The minimum Gasteiger partial charge on any atom is -0.460 e. The van der Waals surface area contributed by atoms with E-state index in [4.69, 9.17) is 18.9 Å². The Morgan fingerprint density at radius 2 is 1.31 bits per heavy atom. The molecule has 8 heteroatoms. The lowest BCUT2D eigenvalue weighted by Gasteiger charge is -2.22. The number of carbonyl (C=O) groups is 2. The summed E-state index contributed by atoms with van der Waals surface area (Å²) in [5, 5.41) is 2.68. The fourth-order valence-corrected chi connectivity index (χ4v) is 3.08. The van der Waals surface area contributed by atoms with Crippen LogP contribution in [-0.4, -0.2) is 69.7 Å². The summed E-state index contributed by atoms with van der Waals surface area (Å²) in [6.07, 6.45) is -0.469. The number of alkyl carbamates (subject to hydrolysis) is 1. The molecule has 35 heavy (non-hydrogen) atoms. The van der Waals surface area contributed by atoms with Crippen molar-refractivity contribution in [1.29, 1.82) is 0 Å². The lowest BCUT2D eigenvalue weighted by Crippen LogP contribution is -2.32. The quantitative estimate of drug-likeness (QED) is 0.209. The molecule has 190 valence electrons. The molecule has 0 heterocycles. The third-order valence-electron chi connectivity index (χ3n) is 4.84. The van der Waals surface area contributed by atoms with Gasteiger partial charge in [0.15, 0.2) is 0 Å². The van der Waals surface area contributed by atoms with E-state index in [1.54, 1.807) is 6.92 Å². The molecule has 2 aromatic rings. The highest BCUT2D eigenvalue weighted by molar-refractivity contribution is 5.86. The van der Waals surface area contributed by atoms with Gasteiger partial charge in [0.05, 0.1) is 26.4 Å². The summed E-state index contributed by atoms with van der Waals surface area (Å²) in [5.41, 5.74) is 2.78. The first kappa shape index (κ1) is 28.0. The lowest BCUT2D eigenvalue weighted by molar-refractivity contribution is -0.140. The molecule has 0 radical (unpaired) electrons. The Hall–Kier alpha value is -3.20. The number of esters is 1. The Labute approximate surface area is 207 Å². The molecular weight excluding hydrogens is 448 g/mol. The molecule has 0 unspecified atom stereocenters. The number of carbonyl (C=O) groups excluding carboxylic acids is 2. The fourth-order valence-electron chi connectivity index (χ4n) is 3.08. The Kier molecular flexibility index (Phi) is 13.8. The van der Waals surface area contributed by atoms with Gasteiger partial charge in [-0.25, -0.2) is 9.59 Å². The summed E-state index contributed by atoms with van der Waals surface area (Å²) in [4.78, 5) is 25.4. The molecule has 0 aromatic heterocycles. The van der Waals surface area contributed by atoms with Crippen molar-refractivity contribution in [2.24, 2.45) is 0 Å². The van der Waals surface area contributed by atoms with Crippen LogP contribution >= 0.6 is 0 Å². The topological polar surface area (TPSA) is 86.3 Å². The molecule has 8 nitrogen and oxygen atoms in total. The fraction of sp³-hybridized carbons (Fsp3) is 0.407. The van der Waals surface area contributed by atoms with E-state index in [1.807, 2.05) is 36.4 Å². The van der Waals surface area contributed by atoms with Crippen molar-refractivity contribution in [3.63, 3.8) is 0 Å². The number of benzene rings is 2. The average molecular weight is 485 g/mol. The lowest BCUT2D eigenvalue weighted by atomic mass is 10.1. The van der Waals surface area contributed by atoms with Gasteiger partial charge < -0.3 is 24.3 Å². The van der Waals surface area contributed by atoms with E-state index in [-0.39, 0.29) is 13.2 Å². The molecule has 0 saturated carbocycles. The summed E-state index contributed by atoms with van der Waals surface area (Å²) < 4.78 is 21.0. The monoisotopic (exact) mass is 484 g/mol. The van der Waals surface area contributed by atoms with E-state index in [2.05, 4.69) is 41.1 Å². The van der Waals surface area contributed by atoms with Crippen LogP contribution in [0.25, 0.3) is 0 Å². The van der Waals surface area contributed by atoms with Crippen molar-refractivity contribution < 1.29 is 28.5 Å². The van der Waals surface area contributed by atoms with Gasteiger partial charge in [-0.05, 0) is 18.1 Å². The van der Waals surface area contributed by atoms with Crippen molar-refractivity contribution in [3.05, 3.63) is 83.9 Å². The van der Waals surface area contributed by atoms with Gasteiger partial charge in [-0.2, -0.15) is 0 Å². The Balaban J connectivity index is 1.54. The molecule has 2 rings (SSSR count). The van der Waals surface area contributed by atoms with Gasteiger partial charge >= 0.3 is 12.1 Å². The van der Waals surface area contributed by atoms with Crippen LogP contribution < -0.4 is 5.32 Å².